The molecule has 0 aromatic heterocycles. The molecule has 1 aliphatic rings. The second-order valence-corrected chi connectivity index (χ2v) is 5.84. The Hall–Kier alpha value is -0.120. The van der Waals surface area contributed by atoms with Crippen LogP contribution in [0.5, 0.6) is 0 Å². The highest BCUT2D eigenvalue weighted by Gasteiger charge is 2.23. The van der Waals surface area contributed by atoms with Gasteiger partial charge in [-0.25, -0.2) is 0 Å². The largest absolute Gasteiger partial charge is 0.313 e. The SMILES string of the molecule is CCCN1CCCC(C(C)NCCN(C)CC)C1. The molecule has 1 fully saturated rings. The molecule has 2 atom stereocenters. The van der Waals surface area contributed by atoms with Gasteiger partial charge < -0.3 is 15.1 Å². The number of likely N-dealkylation sites (N-methyl/N-ethyl adjacent to an activating group) is 1. The number of nitrogens with zero attached hydrogens (tertiary/aromatic N) is 2. The van der Waals surface area contributed by atoms with Crippen molar-refractivity contribution in [1.29, 1.82) is 0 Å². The molecule has 0 aromatic carbocycles. The highest BCUT2D eigenvalue weighted by atomic mass is 15.1. The monoisotopic (exact) mass is 255 g/mol. The topological polar surface area (TPSA) is 18.5 Å². The standard InChI is InChI=1S/C15H33N3/c1-5-10-18-11-7-8-15(13-18)14(3)16-9-12-17(4)6-2/h14-16H,5-13H2,1-4H3. The first-order valence-electron chi connectivity index (χ1n) is 7.81. The molecule has 108 valence electrons. The van der Waals surface area contributed by atoms with E-state index in [4.69, 9.17) is 0 Å². The average Bonchev–Trinajstić information content (AvgIpc) is 2.39. The first kappa shape index (κ1) is 15.9. The summed E-state index contributed by atoms with van der Waals surface area (Å²) in [6, 6.07) is 0.662. The Morgan fingerprint density at radius 1 is 1.39 bits per heavy atom. The van der Waals surface area contributed by atoms with Gasteiger partial charge in [0.2, 0.25) is 0 Å². The minimum atomic E-state index is 0.662. The number of piperidine rings is 1. The van der Waals surface area contributed by atoms with Crippen molar-refractivity contribution in [2.45, 2.75) is 46.1 Å². The summed E-state index contributed by atoms with van der Waals surface area (Å²) in [6.45, 7) is 14.2. The van der Waals surface area contributed by atoms with Crippen molar-refractivity contribution >= 4 is 0 Å². The maximum atomic E-state index is 3.71. The third kappa shape index (κ3) is 5.68. The minimum Gasteiger partial charge on any atom is -0.313 e. The smallest absolute Gasteiger partial charge is 0.0104 e. The number of hydrogen-bond acceptors (Lipinski definition) is 3. The van der Waals surface area contributed by atoms with Crippen LogP contribution in [0.25, 0.3) is 0 Å². The van der Waals surface area contributed by atoms with Gasteiger partial charge in [0.05, 0.1) is 0 Å². The second kappa shape index (κ2) is 8.89. The molecule has 1 heterocycles. The summed E-state index contributed by atoms with van der Waals surface area (Å²) in [7, 11) is 2.19. The Bertz CT molecular complexity index is 206. The van der Waals surface area contributed by atoms with Crippen LogP contribution in [0.2, 0.25) is 0 Å². The molecule has 3 heteroatoms. The Kier molecular flexibility index (Phi) is 7.87. The van der Waals surface area contributed by atoms with E-state index in [2.05, 4.69) is 42.9 Å². The summed E-state index contributed by atoms with van der Waals surface area (Å²) in [5.74, 6) is 0.845. The summed E-state index contributed by atoms with van der Waals surface area (Å²) in [5, 5.41) is 3.71. The van der Waals surface area contributed by atoms with Crippen molar-refractivity contribution < 1.29 is 0 Å². The highest BCUT2D eigenvalue weighted by Crippen LogP contribution is 2.19. The number of nitrogens with one attached hydrogen (secondary N) is 1. The lowest BCUT2D eigenvalue weighted by Gasteiger charge is -2.36. The van der Waals surface area contributed by atoms with E-state index >= 15 is 0 Å². The summed E-state index contributed by atoms with van der Waals surface area (Å²) in [4.78, 5) is 5.01. The zero-order valence-corrected chi connectivity index (χ0v) is 12.9. The first-order chi connectivity index (χ1) is 8.67. The van der Waals surface area contributed by atoms with Crippen LogP contribution in [-0.2, 0) is 0 Å². The van der Waals surface area contributed by atoms with Gasteiger partial charge in [-0.1, -0.05) is 13.8 Å². The lowest BCUT2D eigenvalue weighted by molar-refractivity contribution is 0.150. The molecule has 0 saturated carbocycles. The molecule has 3 nitrogen and oxygen atoms in total. The quantitative estimate of drug-likeness (QED) is 0.716. The second-order valence-electron chi connectivity index (χ2n) is 5.84. The molecule has 0 amide bonds. The molecule has 0 bridgehead atoms. The molecular weight excluding hydrogens is 222 g/mol. The normalized spacial score (nSPS) is 23.5. The predicted molar refractivity (Wildman–Crippen MR) is 80.1 cm³/mol. The zero-order chi connectivity index (χ0) is 13.4. The van der Waals surface area contributed by atoms with Gasteiger partial charge in [-0.05, 0) is 58.8 Å². The Morgan fingerprint density at radius 3 is 2.83 bits per heavy atom. The van der Waals surface area contributed by atoms with E-state index in [0.29, 0.717) is 6.04 Å². The van der Waals surface area contributed by atoms with Gasteiger partial charge in [-0.3, -0.25) is 0 Å². The first-order valence-corrected chi connectivity index (χ1v) is 7.81. The van der Waals surface area contributed by atoms with Gasteiger partial charge in [-0.2, -0.15) is 0 Å². The van der Waals surface area contributed by atoms with Crippen LogP contribution in [0.1, 0.15) is 40.0 Å². The summed E-state index contributed by atoms with van der Waals surface area (Å²) in [6.07, 6.45) is 4.07. The predicted octanol–water partition coefficient (Wildman–Crippen LogP) is 2.04. The lowest BCUT2D eigenvalue weighted by Crippen LogP contribution is -2.46. The molecule has 0 spiro atoms. The van der Waals surface area contributed by atoms with Crippen molar-refractivity contribution in [2.75, 3.05) is 46.3 Å². The van der Waals surface area contributed by atoms with Crippen LogP contribution in [0.3, 0.4) is 0 Å². The van der Waals surface area contributed by atoms with E-state index in [0.717, 1.165) is 25.6 Å². The van der Waals surface area contributed by atoms with Gasteiger partial charge in [0, 0.05) is 25.7 Å². The van der Waals surface area contributed by atoms with Crippen molar-refractivity contribution in [2.24, 2.45) is 5.92 Å². The fraction of sp³-hybridized carbons (Fsp3) is 1.00. The fourth-order valence-electron chi connectivity index (χ4n) is 2.83. The number of likely N-dealkylation sites (tertiary alicyclic amines) is 1. The maximum Gasteiger partial charge on any atom is 0.0104 e. The number of rotatable bonds is 8. The van der Waals surface area contributed by atoms with Crippen molar-refractivity contribution in [3.63, 3.8) is 0 Å². The van der Waals surface area contributed by atoms with Crippen LogP contribution in [0, 0.1) is 5.92 Å². The molecule has 1 aliphatic heterocycles. The molecule has 0 radical (unpaired) electrons. The molecule has 18 heavy (non-hydrogen) atoms. The zero-order valence-electron chi connectivity index (χ0n) is 12.9. The van der Waals surface area contributed by atoms with E-state index in [1.165, 1.54) is 38.9 Å². The van der Waals surface area contributed by atoms with Crippen molar-refractivity contribution in [3.05, 3.63) is 0 Å². The Morgan fingerprint density at radius 2 is 2.17 bits per heavy atom. The Labute approximate surface area is 114 Å². The lowest BCUT2D eigenvalue weighted by atomic mass is 9.91. The third-order valence-electron chi connectivity index (χ3n) is 4.29. The number of hydrogen-bond donors (Lipinski definition) is 1. The maximum absolute atomic E-state index is 3.71. The average molecular weight is 255 g/mol. The van der Waals surface area contributed by atoms with E-state index in [-0.39, 0.29) is 0 Å². The summed E-state index contributed by atoms with van der Waals surface area (Å²) < 4.78 is 0. The van der Waals surface area contributed by atoms with E-state index < -0.39 is 0 Å². The van der Waals surface area contributed by atoms with E-state index in [9.17, 15) is 0 Å². The summed E-state index contributed by atoms with van der Waals surface area (Å²) in [5.41, 5.74) is 0. The van der Waals surface area contributed by atoms with Crippen LogP contribution in [0.15, 0.2) is 0 Å². The van der Waals surface area contributed by atoms with E-state index in [1.54, 1.807) is 0 Å². The van der Waals surface area contributed by atoms with Gasteiger partial charge in [0.15, 0.2) is 0 Å². The molecule has 1 rings (SSSR count). The van der Waals surface area contributed by atoms with Gasteiger partial charge >= 0.3 is 0 Å². The van der Waals surface area contributed by atoms with Crippen LogP contribution < -0.4 is 5.32 Å². The molecular formula is C15H33N3. The van der Waals surface area contributed by atoms with Gasteiger partial charge in [-0.15, -0.1) is 0 Å². The van der Waals surface area contributed by atoms with Crippen LogP contribution in [0.4, 0.5) is 0 Å². The molecule has 1 N–H and O–H groups in total. The molecule has 0 aromatic rings. The molecule has 2 unspecified atom stereocenters. The van der Waals surface area contributed by atoms with E-state index in [1.807, 2.05) is 0 Å². The van der Waals surface area contributed by atoms with Crippen LogP contribution in [-0.4, -0.2) is 62.2 Å². The highest BCUT2D eigenvalue weighted by molar-refractivity contribution is 4.80. The van der Waals surface area contributed by atoms with Crippen molar-refractivity contribution in [1.82, 2.24) is 15.1 Å². The van der Waals surface area contributed by atoms with Gasteiger partial charge in [0.1, 0.15) is 0 Å². The third-order valence-corrected chi connectivity index (χ3v) is 4.29. The van der Waals surface area contributed by atoms with Crippen molar-refractivity contribution in [3.8, 4) is 0 Å². The fourth-order valence-corrected chi connectivity index (χ4v) is 2.83. The molecule has 0 aliphatic carbocycles. The Balaban J connectivity index is 2.21. The van der Waals surface area contributed by atoms with Gasteiger partial charge in [0.25, 0.3) is 0 Å². The summed E-state index contributed by atoms with van der Waals surface area (Å²) >= 11 is 0. The minimum absolute atomic E-state index is 0.662. The van der Waals surface area contributed by atoms with Crippen LogP contribution >= 0.6 is 0 Å². The molecule has 1 saturated heterocycles.